The topological polar surface area (TPSA) is 68.5 Å². The Bertz CT molecular complexity index is 1330. The summed E-state index contributed by atoms with van der Waals surface area (Å²) in [6.07, 6.45) is -0.914. The molecule has 1 atom stereocenters. The minimum Gasteiger partial charge on any atom is -0.479 e. The highest BCUT2D eigenvalue weighted by atomic mass is 35.5. The van der Waals surface area contributed by atoms with Gasteiger partial charge in [0.2, 0.25) is 5.78 Å². The van der Waals surface area contributed by atoms with Crippen LogP contribution in [0.25, 0.3) is 11.0 Å². The van der Waals surface area contributed by atoms with Crippen molar-refractivity contribution in [2.24, 2.45) is 0 Å². The number of anilines is 1. The maximum absolute atomic E-state index is 14.0. The van der Waals surface area contributed by atoms with Crippen molar-refractivity contribution in [2.45, 2.75) is 20.0 Å². The van der Waals surface area contributed by atoms with E-state index in [0.717, 1.165) is 6.07 Å². The number of halogens is 2. The van der Waals surface area contributed by atoms with Gasteiger partial charge in [0.15, 0.2) is 11.9 Å². The maximum Gasteiger partial charge on any atom is 0.265 e. The van der Waals surface area contributed by atoms with E-state index in [-0.39, 0.29) is 17.0 Å². The molecule has 162 valence electrons. The van der Waals surface area contributed by atoms with Crippen LogP contribution in [0.5, 0.6) is 5.75 Å². The summed E-state index contributed by atoms with van der Waals surface area (Å²) < 4.78 is 25.5. The fraction of sp³-hybridized carbons (Fsp3) is 0.120. The van der Waals surface area contributed by atoms with E-state index in [2.05, 4.69) is 5.32 Å². The van der Waals surface area contributed by atoms with Crippen LogP contribution < -0.4 is 10.1 Å². The summed E-state index contributed by atoms with van der Waals surface area (Å²) in [5.41, 5.74) is 1.15. The number of carbonyl (C=O) groups is 2. The van der Waals surface area contributed by atoms with Crippen LogP contribution in [0.15, 0.2) is 71.1 Å². The molecule has 4 rings (SSSR count). The Labute approximate surface area is 188 Å². The summed E-state index contributed by atoms with van der Waals surface area (Å²) in [4.78, 5) is 26.0. The number of hydrogen-bond donors (Lipinski definition) is 1. The molecule has 0 spiro atoms. The van der Waals surface area contributed by atoms with E-state index in [9.17, 15) is 14.0 Å². The molecule has 0 radical (unpaired) electrons. The SMILES string of the molecule is Cc1ccc(C(=O)c2oc3ccccc3c2NC(=O)C(C)Oc2ccccc2Cl)cc1F. The lowest BCUT2D eigenvalue weighted by Gasteiger charge is -2.15. The molecule has 0 aliphatic rings. The van der Waals surface area contributed by atoms with Crippen LogP contribution in [-0.4, -0.2) is 17.8 Å². The molecule has 0 bridgehead atoms. The monoisotopic (exact) mass is 451 g/mol. The normalized spacial score (nSPS) is 11.9. The van der Waals surface area contributed by atoms with Crippen LogP contribution in [0, 0.1) is 12.7 Å². The van der Waals surface area contributed by atoms with Crippen molar-refractivity contribution in [1.29, 1.82) is 0 Å². The first kappa shape index (κ1) is 21.6. The third-order valence-electron chi connectivity index (χ3n) is 4.99. The van der Waals surface area contributed by atoms with Crippen LogP contribution in [0.4, 0.5) is 10.1 Å². The Hall–Kier alpha value is -3.64. The second-order valence-corrected chi connectivity index (χ2v) is 7.68. The number of carbonyl (C=O) groups excluding carboxylic acids is 2. The van der Waals surface area contributed by atoms with Crippen molar-refractivity contribution in [3.8, 4) is 5.75 Å². The molecule has 7 heteroatoms. The van der Waals surface area contributed by atoms with Crippen LogP contribution in [-0.2, 0) is 4.79 Å². The number of para-hydroxylation sites is 2. The Morgan fingerprint density at radius 3 is 2.53 bits per heavy atom. The third-order valence-corrected chi connectivity index (χ3v) is 5.31. The minimum atomic E-state index is -0.914. The summed E-state index contributed by atoms with van der Waals surface area (Å²) in [5, 5.41) is 3.65. The molecule has 1 aromatic heterocycles. The van der Waals surface area contributed by atoms with Crippen molar-refractivity contribution in [3.05, 3.63) is 94.5 Å². The summed E-state index contributed by atoms with van der Waals surface area (Å²) in [6, 6.07) is 17.9. The number of hydrogen-bond acceptors (Lipinski definition) is 4. The zero-order chi connectivity index (χ0) is 22.8. The van der Waals surface area contributed by atoms with Gasteiger partial charge >= 0.3 is 0 Å². The van der Waals surface area contributed by atoms with Gasteiger partial charge in [0, 0.05) is 10.9 Å². The van der Waals surface area contributed by atoms with Gasteiger partial charge in [-0.2, -0.15) is 0 Å². The van der Waals surface area contributed by atoms with E-state index < -0.39 is 23.6 Å². The average molecular weight is 452 g/mol. The lowest BCUT2D eigenvalue weighted by Crippen LogP contribution is -2.30. The molecule has 4 aromatic rings. The molecular weight excluding hydrogens is 433 g/mol. The largest absolute Gasteiger partial charge is 0.479 e. The highest BCUT2D eigenvalue weighted by Gasteiger charge is 2.26. The van der Waals surface area contributed by atoms with Crippen LogP contribution in [0.1, 0.15) is 28.6 Å². The van der Waals surface area contributed by atoms with Crippen molar-refractivity contribution in [2.75, 3.05) is 5.32 Å². The number of ether oxygens (including phenoxy) is 1. The van der Waals surface area contributed by atoms with E-state index in [1.807, 2.05) is 0 Å². The molecule has 1 unspecified atom stereocenters. The molecule has 0 aliphatic carbocycles. The van der Waals surface area contributed by atoms with Crippen molar-refractivity contribution in [3.63, 3.8) is 0 Å². The van der Waals surface area contributed by atoms with Gasteiger partial charge in [-0.3, -0.25) is 9.59 Å². The van der Waals surface area contributed by atoms with Crippen LogP contribution in [0.3, 0.4) is 0 Å². The first-order chi connectivity index (χ1) is 15.3. The molecule has 5 nitrogen and oxygen atoms in total. The molecule has 0 aliphatic heterocycles. The van der Waals surface area contributed by atoms with Gasteiger partial charge in [0.25, 0.3) is 5.91 Å². The molecule has 0 saturated carbocycles. The predicted octanol–water partition coefficient (Wildman–Crippen LogP) is 6.17. The molecule has 1 heterocycles. The minimum absolute atomic E-state index is 0.0900. The van der Waals surface area contributed by atoms with Gasteiger partial charge < -0.3 is 14.5 Å². The summed E-state index contributed by atoms with van der Waals surface area (Å²) in [5.74, 6) is -1.27. The first-order valence-corrected chi connectivity index (χ1v) is 10.3. The van der Waals surface area contributed by atoms with E-state index in [1.165, 1.54) is 12.1 Å². The van der Waals surface area contributed by atoms with Gasteiger partial charge in [0.1, 0.15) is 17.1 Å². The molecule has 0 saturated heterocycles. The molecule has 0 fully saturated rings. The fourth-order valence-electron chi connectivity index (χ4n) is 3.20. The second-order valence-electron chi connectivity index (χ2n) is 7.28. The number of ketones is 1. The van der Waals surface area contributed by atoms with Gasteiger partial charge in [0.05, 0.1) is 10.7 Å². The van der Waals surface area contributed by atoms with Crippen LogP contribution in [0.2, 0.25) is 5.02 Å². The number of amides is 1. The van der Waals surface area contributed by atoms with E-state index >= 15 is 0 Å². The maximum atomic E-state index is 14.0. The molecule has 3 aromatic carbocycles. The number of benzene rings is 3. The second kappa shape index (κ2) is 8.85. The highest BCUT2D eigenvalue weighted by Crippen LogP contribution is 2.33. The zero-order valence-electron chi connectivity index (χ0n) is 17.3. The Morgan fingerprint density at radius 1 is 1.06 bits per heavy atom. The fourth-order valence-corrected chi connectivity index (χ4v) is 3.38. The summed E-state index contributed by atoms with van der Waals surface area (Å²) >= 11 is 6.11. The molecule has 1 amide bonds. The quantitative estimate of drug-likeness (QED) is 0.356. The summed E-state index contributed by atoms with van der Waals surface area (Å²) in [6.45, 7) is 3.18. The lowest BCUT2D eigenvalue weighted by molar-refractivity contribution is -0.122. The Balaban J connectivity index is 1.67. The highest BCUT2D eigenvalue weighted by molar-refractivity contribution is 6.32. The number of rotatable bonds is 6. The Morgan fingerprint density at radius 2 is 1.78 bits per heavy atom. The number of furan rings is 1. The molecular formula is C25H19ClFNO4. The number of nitrogens with one attached hydrogen (secondary N) is 1. The van der Waals surface area contributed by atoms with Crippen molar-refractivity contribution in [1.82, 2.24) is 0 Å². The Kier molecular flexibility index (Phi) is 5.97. The predicted molar refractivity (Wildman–Crippen MR) is 121 cm³/mol. The summed E-state index contributed by atoms with van der Waals surface area (Å²) in [7, 11) is 0. The van der Waals surface area contributed by atoms with E-state index in [4.69, 9.17) is 20.8 Å². The van der Waals surface area contributed by atoms with Gasteiger partial charge in [-0.1, -0.05) is 48.0 Å². The van der Waals surface area contributed by atoms with Gasteiger partial charge in [-0.05, 0) is 49.7 Å². The van der Waals surface area contributed by atoms with Gasteiger partial charge in [-0.15, -0.1) is 0 Å². The van der Waals surface area contributed by atoms with Crippen molar-refractivity contribution < 1.29 is 23.1 Å². The average Bonchev–Trinajstić information content (AvgIpc) is 3.15. The van der Waals surface area contributed by atoms with Crippen LogP contribution >= 0.6 is 11.6 Å². The van der Waals surface area contributed by atoms with E-state index in [1.54, 1.807) is 62.4 Å². The molecule has 1 N–H and O–H groups in total. The van der Waals surface area contributed by atoms with Crippen molar-refractivity contribution >= 4 is 39.9 Å². The smallest absolute Gasteiger partial charge is 0.265 e. The third kappa shape index (κ3) is 4.22. The van der Waals surface area contributed by atoms with E-state index in [0.29, 0.717) is 27.3 Å². The zero-order valence-corrected chi connectivity index (χ0v) is 18.1. The lowest BCUT2D eigenvalue weighted by atomic mass is 10.0. The standard InChI is InChI=1S/C25H19ClFNO4/c1-14-11-12-16(13-19(14)27)23(29)24-22(17-7-3-5-9-20(17)32-24)28-25(30)15(2)31-21-10-6-4-8-18(21)26/h3-13,15H,1-2H3,(H,28,30). The first-order valence-electron chi connectivity index (χ1n) is 9.89. The van der Waals surface area contributed by atoms with Gasteiger partial charge in [-0.25, -0.2) is 4.39 Å². The molecule has 32 heavy (non-hydrogen) atoms. The number of aryl methyl sites for hydroxylation is 1. The number of fused-ring (bicyclic) bond motifs is 1.